The van der Waals surface area contributed by atoms with Gasteiger partial charge in [0.05, 0.1) is 6.20 Å². The van der Waals surface area contributed by atoms with E-state index in [2.05, 4.69) is 15.0 Å². The number of aryl methyl sites for hydroxylation is 2. The molecule has 0 saturated carbocycles. The number of nitrogens with one attached hydrogen (secondary N) is 1. The van der Waals surface area contributed by atoms with E-state index in [1.165, 1.54) is 10.8 Å². The predicted molar refractivity (Wildman–Crippen MR) is 50.1 cm³/mol. The molecule has 6 heteroatoms. The molecule has 0 spiro atoms. The average Bonchev–Trinajstić information content (AvgIpc) is 2.16. The highest BCUT2D eigenvalue weighted by Crippen LogP contribution is 2.00. The molecule has 0 atom stereocenters. The lowest BCUT2D eigenvalue weighted by Gasteiger charge is -2.03. The largest absolute Gasteiger partial charge is 0.346 e. The van der Waals surface area contributed by atoms with Crippen molar-refractivity contribution < 1.29 is 0 Å². The third kappa shape index (κ3) is 1.12. The molecule has 6 nitrogen and oxygen atoms in total. The van der Waals surface area contributed by atoms with Crippen molar-refractivity contribution in [1.82, 2.24) is 19.5 Å². The second-order valence-electron chi connectivity index (χ2n) is 2.98. The van der Waals surface area contributed by atoms with Gasteiger partial charge in [0.1, 0.15) is 16.9 Å². The monoisotopic (exact) mass is 192 g/mol. The number of fused-ring (bicyclic) bond motifs is 1. The van der Waals surface area contributed by atoms with Gasteiger partial charge in [-0.1, -0.05) is 0 Å². The fraction of sp³-hybridized carbons (Fsp3) is 0.250. The summed E-state index contributed by atoms with van der Waals surface area (Å²) in [5.74, 6) is 0. The zero-order chi connectivity index (χ0) is 10.3. The van der Waals surface area contributed by atoms with Crippen LogP contribution >= 0.6 is 0 Å². The minimum absolute atomic E-state index is 0.223. The van der Waals surface area contributed by atoms with Gasteiger partial charge < -0.3 is 0 Å². The summed E-state index contributed by atoms with van der Waals surface area (Å²) in [7, 11) is 1.58. The van der Waals surface area contributed by atoms with E-state index >= 15 is 0 Å². The molecule has 0 aliphatic heterocycles. The predicted octanol–water partition coefficient (Wildman–Crippen LogP) is -0.675. The molecule has 72 valence electrons. The van der Waals surface area contributed by atoms with Gasteiger partial charge in [-0.25, -0.2) is 9.78 Å². The third-order valence-electron chi connectivity index (χ3n) is 2.01. The van der Waals surface area contributed by atoms with Crippen molar-refractivity contribution in [3.8, 4) is 0 Å². The molecule has 0 amide bonds. The van der Waals surface area contributed by atoms with Crippen molar-refractivity contribution >= 4 is 11.2 Å². The number of aromatic amines is 1. The molecule has 0 radical (unpaired) electrons. The van der Waals surface area contributed by atoms with Crippen molar-refractivity contribution in [2.45, 2.75) is 6.92 Å². The van der Waals surface area contributed by atoms with Crippen LogP contribution in [0, 0.1) is 6.92 Å². The fourth-order valence-electron chi connectivity index (χ4n) is 1.29. The SMILES string of the molecule is Cc1nc2cnc(=O)[nH]c2n(C)c1=O. The van der Waals surface area contributed by atoms with Gasteiger partial charge in [-0.05, 0) is 6.92 Å². The maximum Gasteiger partial charge on any atom is 0.346 e. The van der Waals surface area contributed by atoms with Crippen LogP contribution in [0.2, 0.25) is 0 Å². The second kappa shape index (κ2) is 2.76. The third-order valence-corrected chi connectivity index (χ3v) is 2.01. The van der Waals surface area contributed by atoms with Gasteiger partial charge in [0.2, 0.25) is 0 Å². The van der Waals surface area contributed by atoms with Crippen LogP contribution in [0.4, 0.5) is 0 Å². The summed E-state index contributed by atoms with van der Waals surface area (Å²) in [6, 6.07) is 0. The summed E-state index contributed by atoms with van der Waals surface area (Å²) in [4.78, 5) is 32.4. The molecule has 0 aromatic carbocycles. The minimum atomic E-state index is -0.488. The van der Waals surface area contributed by atoms with Crippen LogP contribution in [0.15, 0.2) is 15.8 Å². The summed E-state index contributed by atoms with van der Waals surface area (Å²) in [5, 5.41) is 0. The topological polar surface area (TPSA) is 80.6 Å². The first kappa shape index (κ1) is 8.61. The average molecular weight is 192 g/mol. The van der Waals surface area contributed by atoms with Crippen molar-refractivity contribution in [2.75, 3.05) is 0 Å². The Balaban J connectivity index is 3.07. The van der Waals surface area contributed by atoms with Crippen LogP contribution < -0.4 is 11.2 Å². The van der Waals surface area contributed by atoms with E-state index < -0.39 is 5.69 Å². The lowest BCUT2D eigenvalue weighted by atomic mass is 10.4. The normalized spacial score (nSPS) is 10.7. The molecular formula is C8H8N4O2. The van der Waals surface area contributed by atoms with Gasteiger partial charge >= 0.3 is 5.69 Å². The summed E-state index contributed by atoms with van der Waals surface area (Å²) in [5.41, 5.74) is 0.566. The van der Waals surface area contributed by atoms with Gasteiger partial charge in [-0.15, -0.1) is 0 Å². The van der Waals surface area contributed by atoms with Gasteiger partial charge in [-0.3, -0.25) is 14.3 Å². The van der Waals surface area contributed by atoms with Crippen molar-refractivity contribution in [1.29, 1.82) is 0 Å². The number of aromatic nitrogens is 4. The Bertz CT molecular complexity index is 611. The highest BCUT2D eigenvalue weighted by molar-refractivity contribution is 5.68. The van der Waals surface area contributed by atoms with Crippen LogP contribution in [-0.4, -0.2) is 19.5 Å². The van der Waals surface area contributed by atoms with Crippen molar-refractivity contribution in [3.63, 3.8) is 0 Å². The van der Waals surface area contributed by atoms with E-state index in [1.807, 2.05) is 0 Å². The molecule has 0 aliphatic rings. The van der Waals surface area contributed by atoms with E-state index in [0.29, 0.717) is 16.9 Å². The number of hydrogen-bond acceptors (Lipinski definition) is 4. The zero-order valence-electron chi connectivity index (χ0n) is 7.74. The first-order chi connectivity index (χ1) is 6.59. The van der Waals surface area contributed by atoms with Gasteiger partial charge in [0.25, 0.3) is 5.56 Å². The summed E-state index contributed by atoms with van der Waals surface area (Å²) >= 11 is 0. The summed E-state index contributed by atoms with van der Waals surface area (Å²) < 4.78 is 1.35. The Morgan fingerprint density at radius 1 is 1.43 bits per heavy atom. The smallest absolute Gasteiger partial charge is 0.294 e. The van der Waals surface area contributed by atoms with Crippen LogP contribution in [0.5, 0.6) is 0 Å². The summed E-state index contributed by atoms with van der Waals surface area (Å²) in [6.07, 6.45) is 1.35. The maximum absolute atomic E-state index is 11.5. The Hall–Kier alpha value is -1.98. The van der Waals surface area contributed by atoms with Gasteiger partial charge in [0, 0.05) is 7.05 Å². The Morgan fingerprint density at radius 3 is 2.86 bits per heavy atom. The number of hydrogen-bond donors (Lipinski definition) is 1. The van der Waals surface area contributed by atoms with Crippen LogP contribution in [-0.2, 0) is 7.05 Å². The molecule has 2 aromatic rings. The maximum atomic E-state index is 11.5. The highest BCUT2D eigenvalue weighted by Gasteiger charge is 2.05. The van der Waals surface area contributed by atoms with E-state index in [-0.39, 0.29) is 5.56 Å². The van der Waals surface area contributed by atoms with Crippen molar-refractivity contribution in [2.24, 2.45) is 7.05 Å². The second-order valence-corrected chi connectivity index (χ2v) is 2.98. The quantitative estimate of drug-likeness (QED) is 0.600. The Kier molecular flexibility index (Phi) is 1.70. The van der Waals surface area contributed by atoms with Crippen LogP contribution in [0.1, 0.15) is 5.69 Å². The number of rotatable bonds is 0. The Labute approximate surface area is 78.3 Å². The standard InChI is InChI=1S/C8H8N4O2/c1-4-7(13)12(2)6-5(10-4)3-9-8(14)11-6/h3H,1-2H3,(H,9,11,14). The van der Waals surface area contributed by atoms with Crippen molar-refractivity contribution in [3.05, 3.63) is 32.7 Å². The zero-order valence-corrected chi connectivity index (χ0v) is 7.74. The molecule has 1 N–H and O–H groups in total. The highest BCUT2D eigenvalue weighted by atomic mass is 16.1. The molecule has 2 heterocycles. The van der Waals surface area contributed by atoms with Gasteiger partial charge in [-0.2, -0.15) is 4.98 Å². The van der Waals surface area contributed by atoms with Gasteiger partial charge in [0.15, 0.2) is 0 Å². The molecule has 2 aromatic heterocycles. The van der Waals surface area contributed by atoms with E-state index in [4.69, 9.17) is 0 Å². The molecule has 2 rings (SSSR count). The lowest BCUT2D eigenvalue weighted by molar-refractivity contribution is 0.845. The van der Waals surface area contributed by atoms with Crippen LogP contribution in [0.25, 0.3) is 11.2 Å². The Morgan fingerprint density at radius 2 is 2.14 bits per heavy atom. The van der Waals surface area contributed by atoms with E-state index in [0.717, 1.165) is 0 Å². The van der Waals surface area contributed by atoms with Crippen LogP contribution in [0.3, 0.4) is 0 Å². The minimum Gasteiger partial charge on any atom is -0.294 e. The first-order valence-corrected chi connectivity index (χ1v) is 4.02. The molecule has 0 aliphatic carbocycles. The number of nitrogens with zero attached hydrogens (tertiary/aromatic N) is 3. The summed E-state index contributed by atoms with van der Waals surface area (Å²) in [6.45, 7) is 1.62. The fourth-order valence-corrected chi connectivity index (χ4v) is 1.29. The molecule has 0 bridgehead atoms. The molecule has 0 unspecified atom stereocenters. The molecule has 14 heavy (non-hydrogen) atoms. The molecule has 0 fully saturated rings. The lowest BCUT2D eigenvalue weighted by Crippen LogP contribution is -2.24. The molecule has 0 saturated heterocycles. The first-order valence-electron chi connectivity index (χ1n) is 4.02. The molecular weight excluding hydrogens is 184 g/mol. The number of H-pyrrole nitrogens is 1. The van der Waals surface area contributed by atoms with E-state index in [9.17, 15) is 9.59 Å². The van der Waals surface area contributed by atoms with E-state index in [1.54, 1.807) is 14.0 Å².